The first-order chi connectivity index (χ1) is 3.72. The highest BCUT2D eigenvalue weighted by Crippen LogP contribution is 1.99. The van der Waals surface area contributed by atoms with Crippen LogP contribution in [0.2, 0.25) is 0 Å². The molecule has 0 unspecified atom stereocenters. The summed E-state index contributed by atoms with van der Waals surface area (Å²) in [6.45, 7) is 0. The molecule has 1 N–H and O–H groups in total. The summed E-state index contributed by atoms with van der Waals surface area (Å²) in [6.07, 6.45) is 0. The topological polar surface area (TPSA) is 33.6 Å². The fourth-order valence-electron chi connectivity index (χ4n) is 0.266. The second-order valence-electron chi connectivity index (χ2n) is 1.08. The van der Waals surface area contributed by atoms with Crippen LogP contribution in [0.25, 0.3) is 0 Å². The maximum Gasteiger partial charge on any atom is 0.225 e. The smallest absolute Gasteiger partial charge is 0.225 e. The zero-order valence-electron chi connectivity index (χ0n) is 3.56. The van der Waals surface area contributed by atoms with Gasteiger partial charge in [0.05, 0.1) is 0 Å². The molecule has 0 spiro atoms. The Morgan fingerprint density at radius 1 is 1.88 bits per heavy atom. The lowest BCUT2D eigenvalue weighted by molar-refractivity contribution is 0.350. The third-order valence-electron chi connectivity index (χ3n) is 0.584. The summed E-state index contributed by atoms with van der Waals surface area (Å²) in [6, 6.07) is 0. The Labute approximate surface area is 63.0 Å². The Balaban J connectivity index is 3.41. The zero-order valence-corrected chi connectivity index (χ0v) is 6.53. The lowest BCUT2D eigenvalue weighted by Crippen LogP contribution is -1.82. The standard InChI is InChI=1S/C2HFIN3S/c3-7-1(4)5-6-2(7)8/h(H,6,8). The summed E-state index contributed by atoms with van der Waals surface area (Å²) in [4.78, 5) is 0.301. The molecule has 0 radical (unpaired) electrons. The Morgan fingerprint density at radius 2 is 2.50 bits per heavy atom. The third-order valence-corrected chi connectivity index (χ3v) is 1.50. The van der Waals surface area contributed by atoms with E-state index in [0.717, 1.165) is 0 Å². The Bertz CT molecular complexity index is 240. The number of hydrogen-bond acceptors (Lipinski definition) is 2. The predicted octanol–water partition coefficient (Wildman–Crippen LogP) is 1.28. The van der Waals surface area contributed by atoms with Crippen LogP contribution in [-0.2, 0) is 0 Å². The molecule has 8 heavy (non-hydrogen) atoms. The summed E-state index contributed by atoms with van der Waals surface area (Å²) in [5, 5.41) is 5.74. The van der Waals surface area contributed by atoms with Crippen molar-refractivity contribution in [2.45, 2.75) is 0 Å². The van der Waals surface area contributed by atoms with Crippen molar-refractivity contribution < 1.29 is 4.48 Å². The number of halogens is 2. The van der Waals surface area contributed by atoms with Gasteiger partial charge in [-0.25, -0.2) is 5.10 Å². The van der Waals surface area contributed by atoms with Crippen LogP contribution < -0.4 is 0 Å². The number of aromatic amines is 1. The molecule has 6 heteroatoms. The summed E-state index contributed by atoms with van der Waals surface area (Å²) in [5.74, 6) is 0. The molecule has 0 fully saturated rings. The van der Waals surface area contributed by atoms with Crippen molar-refractivity contribution in [2.24, 2.45) is 0 Å². The molecule has 3 nitrogen and oxygen atoms in total. The van der Waals surface area contributed by atoms with Gasteiger partial charge in [-0.3, -0.25) is 0 Å². The van der Waals surface area contributed by atoms with Gasteiger partial charge in [-0.15, -0.1) is 9.89 Å². The Hall–Kier alpha value is 0.0200. The Kier molecular flexibility index (Phi) is 1.61. The van der Waals surface area contributed by atoms with Gasteiger partial charge < -0.3 is 0 Å². The molecule has 1 heterocycles. The van der Waals surface area contributed by atoms with Crippen molar-refractivity contribution in [3.63, 3.8) is 0 Å². The van der Waals surface area contributed by atoms with Crippen molar-refractivity contribution in [3.8, 4) is 0 Å². The molecule has 1 rings (SSSR count). The molecule has 0 aliphatic rings. The van der Waals surface area contributed by atoms with Crippen molar-refractivity contribution >= 4 is 34.8 Å². The minimum atomic E-state index is -0.00519. The van der Waals surface area contributed by atoms with Crippen LogP contribution in [0.4, 0.5) is 4.48 Å². The second-order valence-corrected chi connectivity index (χ2v) is 2.43. The van der Waals surface area contributed by atoms with Crippen LogP contribution in [0, 0.1) is 8.60 Å². The van der Waals surface area contributed by atoms with E-state index in [1.165, 1.54) is 0 Å². The average molecular weight is 245 g/mol. The summed E-state index contributed by atoms with van der Waals surface area (Å²) in [7, 11) is 0. The fraction of sp³-hybridized carbons (Fsp3) is 0. The van der Waals surface area contributed by atoms with E-state index in [4.69, 9.17) is 0 Å². The number of aromatic nitrogens is 3. The van der Waals surface area contributed by atoms with E-state index in [1.54, 1.807) is 22.6 Å². The SMILES string of the molecule is Fn1c(I)n[nH]c1=S. The first-order valence-corrected chi connectivity index (χ1v) is 3.19. The number of H-pyrrole nitrogens is 1. The molecule has 1 aromatic rings. The second kappa shape index (κ2) is 2.09. The molecule has 0 saturated heterocycles. The highest BCUT2D eigenvalue weighted by atomic mass is 127. The van der Waals surface area contributed by atoms with Gasteiger partial charge in [-0.05, 0) is 12.2 Å². The maximum atomic E-state index is 12.2. The molecule has 0 amide bonds. The number of rotatable bonds is 0. The van der Waals surface area contributed by atoms with E-state index in [0.29, 0.717) is 4.79 Å². The van der Waals surface area contributed by atoms with Crippen LogP contribution in [0.3, 0.4) is 0 Å². The van der Waals surface area contributed by atoms with Gasteiger partial charge in [0.15, 0.2) is 0 Å². The van der Waals surface area contributed by atoms with Crippen molar-refractivity contribution in [1.82, 2.24) is 15.0 Å². The minimum absolute atomic E-state index is 0.00519. The summed E-state index contributed by atoms with van der Waals surface area (Å²) in [5.41, 5.74) is 0. The summed E-state index contributed by atoms with van der Waals surface area (Å²) >= 11 is 6.16. The van der Waals surface area contributed by atoms with Gasteiger partial charge in [0, 0.05) is 22.6 Å². The molecule has 0 saturated carbocycles. The molecule has 0 aromatic carbocycles. The van der Waals surface area contributed by atoms with Crippen molar-refractivity contribution in [1.29, 1.82) is 0 Å². The average Bonchev–Trinajstić information content (AvgIpc) is 1.98. The molecular formula is C2HFIN3S. The number of nitrogens with zero attached hydrogens (tertiary/aromatic N) is 2. The van der Waals surface area contributed by atoms with Crippen LogP contribution in [0.15, 0.2) is 0 Å². The highest BCUT2D eigenvalue weighted by molar-refractivity contribution is 14.1. The van der Waals surface area contributed by atoms with Gasteiger partial charge in [-0.1, -0.05) is 4.48 Å². The maximum absolute atomic E-state index is 12.2. The zero-order chi connectivity index (χ0) is 6.15. The van der Waals surface area contributed by atoms with E-state index in [-0.39, 0.29) is 8.60 Å². The molecule has 0 atom stereocenters. The molecule has 0 aliphatic carbocycles. The molecular weight excluding hydrogens is 244 g/mol. The van der Waals surface area contributed by atoms with E-state index < -0.39 is 0 Å². The molecule has 0 aliphatic heterocycles. The quantitative estimate of drug-likeness (QED) is 0.551. The third kappa shape index (κ3) is 0.895. The van der Waals surface area contributed by atoms with E-state index >= 15 is 0 Å². The van der Waals surface area contributed by atoms with E-state index in [9.17, 15) is 4.48 Å². The number of hydrogen-bond donors (Lipinski definition) is 1. The van der Waals surface area contributed by atoms with Gasteiger partial charge in [-0.2, -0.15) is 0 Å². The van der Waals surface area contributed by atoms with Gasteiger partial charge >= 0.3 is 0 Å². The monoisotopic (exact) mass is 245 g/mol. The largest absolute Gasteiger partial charge is 0.249 e. The number of nitrogens with one attached hydrogen (secondary N) is 1. The normalized spacial score (nSPS) is 9.75. The first-order valence-electron chi connectivity index (χ1n) is 1.71. The lowest BCUT2D eigenvalue weighted by atomic mass is 11.3. The minimum Gasteiger partial charge on any atom is -0.249 e. The molecule has 0 bridgehead atoms. The Morgan fingerprint density at radius 3 is 2.62 bits per heavy atom. The molecule has 1 aromatic heterocycles. The van der Waals surface area contributed by atoms with Gasteiger partial charge in [0.1, 0.15) is 0 Å². The van der Waals surface area contributed by atoms with Crippen LogP contribution in [0.1, 0.15) is 0 Å². The van der Waals surface area contributed by atoms with Crippen molar-refractivity contribution in [2.75, 3.05) is 0 Å². The predicted molar refractivity (Wildman–Crippen MR) is 36.6 cm³/mol. The van der Waals surface area contributed by atoms with Crippen LogP contribution in [0.5, 0.6) is 0 Å². The first kappa shape index (κ1) is 6.14. The summed E-state index contributed by atoms with van der Waals surface area (Å²) < 4.78 is 12.4. The highest BCUT2D eigenvalue weighted by Gasteiger charge is 1.96. The van der Waals surface area contributed by atoms with Gasteiger partial charge in [0.2, 0.25) is 8.60 Å². The van der Waals surface area contributed by atoms with E-state index in [1.807, 2.05) is 0 Å². The van der Waals surface area contributed by atoms with Crippen LogP contribution >= 0.6 is 34.8 Å². The van der Waals surface area contributed by atoms with Crippen LogP contribution in [-0.4, -0.2) is 15.0 Å². The molecule has 44 valence electrons. The van der Waals surface area contributed by atoms with E-state index in [2.05, 4.69) is 22.4 Å². The van der Waals surface area contributed by atoms with Gasteiger partial charge in [0.25, 0.3) is 0 Å². The lowest BCUT2D eigenvalue weighted by Gasteiger charge is -1.77. The fourth-order valence-corrected chi connectivity index (χ4v) is 0.923. The van der Waals surface area contributed by atoms with Crippen molar-refractivity contribution in [3.05, 3.63) is 8.60 Å².